The van der Waals surface area contributed by atoms with Crippen molar-refractivity contribution in [3.8, 4) is 0 Å². The Balaban J connectivity index is 2.04. The van der Waals surface area contributed by atoms with Gasteiger partial charge >= 0.3 is 0 Å². The van der Waals surface area contributed by atoms with E-state index in [1.54, 1.807) is 11.9 Å². The minimum atomic E-state index is -1.66. The van der Waals surface area contributed by atoms with Gasteiger partial charge in [-0.05, 0) is 31.0 Å². The van der Waals surface area contributed by atoms with Crippen molar-refractivity contribution in [1.82, 2.24) is 4.90 Å². The molecule has 1 fully saturated rings. The zero-order chi connectivity index (χ0) is 13.3. The maximum absolute atomic E-state index is 13.5. The van der Waals surface area contributed by atoms with Crippen LogP contribution in [0.2, 0.25) is 0 Å². The molecule has 4 nitrogen and oxygen atoms in total. The van der Waals surface area contributed by atoms with Gasteiger partial charge in [-0.15, -0.1) is 0 Å². The summed E-state index contributed by atoms with van der Waals surface area (Å²) in [7, 11) is 0.0266. The maximum Gasteiger partial charge on any atom is 0.235 e. The fraction of sp³-hybridized carbons (Fsp3) is 0.417. The molecule has 2 N–H and O–H groups in total. The van der Waals surface area contributed by atoms with Crippen LogP contribution >= 0.6 is 0 Å². The minimum absolute atomic E-state index is 0.0294. The number of hydrogen-bond donors (Lipinski definition) is 1. The standard InChI is InChI=1S/C12H15FN2O2S/c1-15(9-3-4-9)12(16)7-18(17)11-5-2-8(14)6-10(11)13/h2,5-6,9H,3-4,7,14H2,1H3. The highest BCUT2D eigenvalue weighted by atomic mass is 32.2. The van der Waals surface area contributed by atoms with Crippen molar-refractivity contribution in [1.29, 1.82) is 0 Å². The van der Waals surface area contributed by atoms with Gasteiger partial charge in [0.2, 0.25) is 5.91 Å². The topological polar surface area (TPSA) is 63.4 Å². The molecule has 0 bridgehead atoms. The first-order chi connectivity index (χ1) is 8.49. The van der Waals surface area contributed by atoms with E-state index in [0.717, 1.165) is 18.9 Å². The molecule has 1 saturated carbocycles. The molecule has 0 aromatic heterocycles. The molecule has 98 valence electrons. The lowest BCUT2D eigenvalue weighted by atomic mass is 10.3. The molecular weight excluding hydrogens is 255 g/mol. The third-order valence-electron chi connectivity index (χ3n) is 2.94. The van der Waals surface area contributed by atoms with Crippen LogP contribution in [-0.2, 0) is 15.6 Å². The summed E-state index contributed by atoms with van der Waals surface area (Å²) in [5.74, 6) is -1.03. The maximum atomic E-state index is 13.5. The van der Waals surface area contributed by atoms with Crippen LogP contribution in [0.15, 0.2) is 23.1 Å². The SMILES string of the molecule is CN(C(=O)CS(=O)c1ccc(N)cc1F)C1CC1. The lowest BCUT2D eigenvalue weighted by molar-refractivity contribution is -0.127. The van der Waals surface area contributed by atoms with Crippen molar-refractivity contribution >= 4 is 22.4 Å². The number of anilines is 1. The highest BCUT2D eigenvalue weighted by Crippen LogP contribution is 2.25. The molecule has 0 radical (unpaired) electrons. The van der Waals surface area contributed by atoms with Crippen molar-refractivity contribution in [3.63, 3.8) is 0 Å². The highest BCUT2D eigenvalue weighted by Gasteiger charge is 2.30. The lowest BCUT2D eigenvalue weighted by Gasteiger charge is -2.15. The molecule has 18 heavy (non-hydrogen) atoms. The first-order valence-electron chi connectivity index (χ1n) is 5.68. The summed E-state index contributed by atoms with van der Waals surface area (Å²) >= 11 is 0. The van der Waals surface area contributed by atoms with Crippen LogP contribution < -0.4 is 5.73 Å². The number of carbonyl (C=O) groups excluding carboxylic acids is 1. The summed E-state index contributed by atoms with van der Waals surface area (Å²) < 4.78 is 25.4. The van der Waals surface area contributed by atoms with E-state index in [1.807, 2.05) is 0 Å². The van der Waals surface area contributed by atoms with Gasteiger partial charge in [0.15, 0.2) is 0 Å². The van der Waals surface area contributed by atoms with E-state index < -0.39 is 16.6 Å². The van der Waals surface area contributed by atoms with Gasteiger partial charge in [-0.3, -0.25) is 9.00 Å². The molecule has 2 rings (SSSR count). The number of amides is 1. The van der Waals surface area contributed by atoms with Crippen molar-refractivity contribution in [3.05, 3.63) is 24.0 Å². The summed E-state index contributed by atoms with van der Waals surface area (Å²) in [6.07, 6.45) is 1.98. The second kappa shape index (κ2) is 5.06. The van der Waals surface area contributed by atoms with Gasteiger partial charge in [-0.2, -0.15) is 0 Å². The van der Waals surface area contributed by atoms with E-state index >= 15 is 0 Å². The van der Waals surface area contributed by atoms with E-state index in [2.05, 4.69) is 0 Å². The lowest BCUT2D eigenvalue weighted by Crippen LogP contribution is -2.32. The van der Waals surface area contributed by atoms with Gasteiger partial charge in [-0.25, -0.2) is 4.39 Å². The van der Waals surface area contributed by atoms with Gasteiger partial charge in [0.05, 0.1) is 15.7 Å². The average Bonchev–Trinajstić information content (AvgIpc) is 3.11. The number of benzene rings is 1. The van der Waals surface area contributed by atoms with Crippen LogP contribution in [0.3, 0.4) is 0 Å². The Hall–Kier alpha value is -1.43. The van der Waals surface area contributed by atoms with E-state index in [9.17, 15) is 13.4 Å². The fourth-order valence-corrected chi connectivity index (χ4v) is 2.74. The molecule has 0 aliphatic heterocycles. The summed E-state index contributed by atoms with van der Waals surface area (Å²) in [5.41, 5.74) is 5.68. The Morgan fingerprint density at radius 3 is 2.78 bits per heavy atom. The van der Waals surface area contributed by atoms with Gasteiger partial charge in [-0.1, -0.05) is 0 Å². The van der Waals surface area contributed by atoms with E-state index in [1.165, 1.54) is 12.1 Å². The molecule has 1 aliphatic carbocycles. The molecule has 0 heterocycles. The van der Waals surface area contributed by atoms with Gasteiger partial charge in [0, 0.05) is 18.8 Å². The van der Waals surface area contributed by atoms with Gasteiger partial charge < -0.3 is 10.6 Å². The van der Waals surface area contributed by atoms with Gasteiger partial charge in [0.1, 0.15) is 11.6 Å². The Morgan fingerprint density at radius 2 is 2.22 bits per heavy atom. The number of nitrogens with zero attached hydrogens (tertiary/aromatic N) is 1. The Bertz CT molecular complexity index is 503. The van der Waals surface area contributed by atoms with Crippen molar-refractivity contribution in [2.75, 3.05) is 18.5 Å². The molecule has 0 spiro atoms. The van der Waals surface area contributed by atoms with Crippen LogP contribution in [0.5, 0.6) is 0 Å². The first-order valence-corrected chi connectivity index (χ1v) is 7.00. The van der Waals surface area contributed by atoms with E-state index in [-0.39, 0.29) is 28.3 Å². The summed E-state index contributed by atoms with van der Waals surface area (Å²) in [5, 5.41) is 0. The zero-order valence-corrected chi connectivity index (χ0v) is 10.9. The molecule has 1 atom stereocenters. The van der Waals surface area contributed by atoms with Crippen LogP contribution in [0.25, 0.3) is 0 Å². The second-order valence-corrected chi connectivity index (χ2v) is 5.84. The predicted octanol–water partition coefficient (Wildman–Crippen LogP) is 1.14. The molecule has 6 heteroatoms. The molecule has 1 aliphatic rings. The third-order valence-corrected chi connectivity index (χ3v) is 4.27. The smallest absolute Gasteiger partial charge is 0.235 e. The number of halogens is 1. The number of hydrogen-bond acceptors (Lipinski definition) is 3. The zero-order valence-electron chi connectivity index (χ0n) is 10.1. The normalized spacial score (nSPS) is 16.3. The number of rotatable bonds is 4. The summed E-state index contributed by atoms with van der Waals surface area (Å²) in [6, 6.07) is 4.23. The van der Waals surface area contributed by atoms with Crippen molar-refractivity contribution < 1.29 is 13.4 Å². The fourth-order valence-electron chi connectivity index (χ4n) is 1.66. The summed E-state index contributed by atoms with van der Waals surface area (Å²) in [6.45, 7) is 0. The first kappa shape index (κ1) is 13.0. The van der Waals surface area contributed by atoms with Crippen LogP contribution in [0, 0.1) is 5.82 Å². The monoisotopic (exact) mass is 270 g/mol. The molecule has 1 amide bonds. The Morgan fingerprint density at radius 1 is 1.56 bits per heavy atom. The third kappa shape index (κ3) is 2.87. The molecule has 1 aromatic carbocycles. The number of carbonyl (C=O) groups is 1. The van der Waals surface area contributed by atoms with E-state index in [0.29, 0.717) is 0 Å². The van der Waals surface area contributed by atoms with Crippen molar-refractivity contribution in [2.24, 2.45) is 0 Å². The van der Waals surface area contributed by atoms with Crippen LogP contribution in [-0.4, -0.2) is 33.9 Å². The Kier molecular flexibility index (Phi) is 3.65. The minimum Gasteiger partial charge on any atom is -0.399 e. The van der Waals surface area contributed by atoms with E-state index in [4.69, 9.17) is 5.73 Å². The predicted molar refractivity (Wildman–Crippen MR) is 67.9 cm³/mol. The molecule has 0 saturated heterocycles. The average molecular weight is 270 g/mol. The molecule has 1 aromatic rings. The number of nitrogen functional groups attached to an aromatic ring is 1. The second-order valence-electron chi connectivity index (χ2n) is 4.42. The Labute approximate surface area is 107 Å². The number of nitrogens with two attached hydrogens (primary N) is 1. The quantitative estimate of drug-likeness (QED) is 0.834. The van der Waals surface area contributed by atoms with Crippen molar-refractivity contribution in [2.45, 2.75) is 23.8 Å². The van der Waals surface area contributed by atoms with Crippen LogP contribution in [0.1, 0.15) is 12.8 Å². The molecular formula is C12H15FN2O2S. The van der Waals surface area contributed by atoms with Gasteiger partial charge in [0.25, 0.3) is 0 Å². The molecule has 1 unspecified atom stereocenters. The summed E-state index contributed by atoms with van der Waals surface area (Å²) in [4.78, 5) is 13.4. The largest absolute Gasteiger partial charge is 0.399 e. The van der Waals surface area contributed by atoms with Crippen LogP contribution in [0.4, 0.5) is 10.1 Å². The highest BCUT2D eigenvalue weighted by molar-refractivity contribution is 7.85.